The van der Waals surface area contributed by atoms with Crippen molar-refractivity contribution in [3.8, 4) is 21.8 Å². The fourth-order valence-electron chi connectivity index (χ4n) is 7.74. The van der Waals surface area contributed by atoms with Gasteiger partial charge in [0.25, 0.3) is 5.91 Å². The van der Waals surface area contributed by atoms with E-state index in [1.165, 1.54) is 23.3 Å². The average Bonchev–Trinajstić information content (AvgIpc) is 3.90. The molecule has 9 nitrogen and oxygen atoms in total. The predicted molar refractivity (Wildman–Crippen MR) is 182 cm³/mol. The molecule has 2 unspecified atom stereocenters. The molecule has 0 radical (unpaired) electrons. The topological polar surface area (TPSA) is 117 Å². The highest BCUT2D eigenvalue weighted by Gasteiger charge is 2.44. The molecule has 48 heavy (non-hydrogen) atoms. The van der Waals surface area contributed by atoms with Crippen LogP contribution in [0.5, 0.6) is 0 Å². The number of H-pyrrole nitrogens is 1. The Bertz CT molecular complexity index is 2280. The molecule has 3 aliphatic rings. The summed E-state index contributed by atoms with van der Waals surface area (Å²) in [6, 6.07) is 19.2. The second-order valence-corrected chi connectivity index (χ2v) is 13.8. The first-order valence-electron chi connectivity index (χ1n) is 16.4. The van der Waals surface area contributed by atoms with Gasteiger partial charge in [-0.3, -0.25) is 19.3 Å². The van der Waals surface area contributed by atoms with Crippen LogP contribution in [0.1, 0.15) is 76.2 Å². The van der Waals surface area contributed by atoms with Crippen molar-refractivity contribution in [3.05, 3.63) is 117 Å². The number of aromatic nitrogens is 4. The van der Waals surface area contributed by atoms with Gasteiger partial charge >= 0.3 is 5.76 Å². The number of benzene rings is 2. The Hall–Kier alpha value is -5.16. The average molecular weight is 659 g/mol. The van der Waals surface area contributed by atoms with Crippen LogP contribution in [0.25, 0.3) is 31.9 Å². The number of nitrogens with zero attached hydrogens (tertiary/aromatic N) is 4. The summed E-state index contributed by atoms with van der Waals surface area (Å²) in [5, 5.41) is 8.87. The summed E-state index contributed by atoms with van der Waals surface area (Å²) in [7, 11) is 0. The van der Waals surface area contributed by atoms with E-state index < -0.39 is 5.76 Å². The Morgan fingerprint density at radius 1 is 1.00 bits per heavy atom. The zero-order chi connectivity index (χ0) is 32.4. The summed E-state index contributed by atoms with van der Waals surface area (Å²) >= 11 is 1.57. The summed E-state index contributed by atoms with van der Waals surface area (Å²) in [5.41, 5.74) is 6.92. The molecule has 1 saturated heterocycles. The second kappa shape index (κ2) is 11.5. The molecule has 1 aliphatic carbocycles. The predicted octanol–water partition coefficient (Wildman–Crippen LogP) is 7.41. The van der Waals surface area contributed by atoms with E-state index in [-0.39, 0.29) is 29.6 Å². The molecule has 11 heteroatoms. The van der Waals surface area contributed by atoms with Gasteiger partial charge in [-0.05, 0) is 91.3 Å². The van der Waals surface area contributed by atoms with Crippen molar-refractivity contribution in [2.45, 2.75) is 57.0 Å². The molecule has 6 heterocycles. The zero-order valence-electron chi connectivity index (χ0n) is 26.0. The molecule has 0 spiro atoms. The number of aromatic amines is 1. The summed E-state index contributed by atoms with van der Waals surface area (Å²) in [6.45, 7) is 0.674. The molecule has 1 amide bonds. The lowest BCUT2D eigenvalue weighted by Crippen LogP contribution is -2.22. The van der Waals surface area contributed by atoms with Crippen molar-refractivity contribution in [1.29, 1.82) is 0 Å². The van der Waals surface area contributed by atoms with E-state index in [9.17, 15) is 14.0 Å². The maximum Gasteiger partial charge on any atom is 0.439 e. The van der Waals surface area contributed by atoms with E-state index in [0.717, 1.165) is 64.1 Å². The molecule has 9 rings (SSSR count). The van der Waals surface area contributed by atoms with Gasteiger partial charge < -0.3 is 10.2 Å². The number of aryl methyl sites for hydroxylation is 3. The van der Waals surface area contributed by atoms with E-state index >= 15 is 0 Å². The molecule has 0 bridgehead atoms. The number of halogens is 1. The van der Waals surface area contributed by atoms with Gasteiger partial charge in [-0.15, -0.1) is 11.3 Å². The standard InChI is InChI=1S/C37H31FN6O3S/c38-23-13-10-20(11-14-23)12-15-26-29(34-42-37(46)47-43-34)30(31-32(40-26)27-9-4-18-44(27)36(31)45)28-19-22-16-17-39-35(33(22)48-28)41-25-8-3-6-21-5-1-2-7-24(21)25/h1-2,5,7,10-11,13-14,16-17,19,25,27H,3-4,6,8-9,12,15,18H2,(H,39,41)(H,42,43,46). The van der Waals surface area contributed by atoms with Crippen LogP contribution >= 0.6 is 11.3 Å². The minimum atomic E-state index is -0.687. The highest BCUT2D eigenvalue weighted by atomic mass is 32.1. The minimum Gasteiger partial charge on any atom is -0.362 e. The van der Waals surface area contributed by atoms with Crippen molar-refractivity contribution in [3.63, 3.8) is 0 Å². The number of thiophene rings is 1. The Morgan fingerprint density at radius 2 is 1.88 bits per heavy atom. The van der Waals surface area contributed by atoms with Gasteiger partial charge in [0, 0.05) is 23.2 Å². The van der Waals surface area contributed by atoms with Crippen LogP contribution in [0.4, 0.5) is 10.2 Å². The van der Waals surface area contributed by atoms with Gasteiger partial charge in [-0.2, -0.15) is 0 Å². The molecule has 6 aromatic rings. The van der Waals surface area contributed by atoms with E-state index in [2.05, 4.69) is 45.8 Å². The molecule has 2 N–H and O–H groups in total. The number of hydrogen-bond donors (Lipinski definition) is 2. The Kier molecular flexibility index (Phi) is 6.96. The number of rotatable bonds is 7. The first kappa shape index (κ1) is 29.0. The molecule has 2 aliphatic heterocycles. The monoisotopic (exact) mass is 658 g/mol. The number of nitrogens with one attached hydrogen (secondary N) is 2. The smallest absolute Gasteiger partial charge is 0.362 e. The lowest BCUT2D eigenvalue weighted by Gasteiger charge is -2.27. The second-order valence-electron chi connectivity index (χ2n) is 12.8. The lowest BCUT2D eigenvalue weighted by atomic mass is 9.88. The van der Waals surface area contributed by atoms with E-state index in [1.807, 2.05) is 17.2 Å². The van der Waals surface area contributed by atoms with Crippen LogP contribution < -0.4 is 11.1 Å². The normalized spacial score (nSPS) is 18.3. The van der Waals surface area contributed by atoms with Gasteiger partial charge in [-0.1, -0.05) is 41.6 Å². The lowest BCUT2D eigenvalue weighted by molar-refractivity contribution is 0.0776. The Morgan fingerprint density at radius 3 is 2.73 bits per heavy atom. The Balaban J connectivity index is 1.22. The maximum absolute atomic E-state index is 14.2. The van der Waals surface area contributed by atoms with Crippen LogP contribution in [0, 0.1) is 5.82 Å². The van der Waals surface area contributed by atoms with Gasteiger partial charge in [0.2, 0.25) is 0 Å². The van der Waals surface area contributed by atoms with Crippen LogP contribution in [-0.4, -0.2) is 37.5 Å². The van der Waals surface area contributed by atoms with Gasteiger partial charge in [0.15, 0.2) is 5.82 Å². The fourth-order valence-corrected chi connectivity index (χ4v) is 8.91. The molecular formula is C37H31FN6O3S. The van der Waals surface area contributed by atoms with Crippen molar-refractivity contribution in [2.24, 2.45) is 0 Å². The van der Waals surface area contributed by atoms with Crippen molar-refractivity contribution < 1.29 is 13.7 Å². The molecule has 240 valence electrons. The molecule has 0 saturated carbocycles. The van der Waals surface area contributed by atoms with Crippen molar-refractivity contribution >= 4 is 33.1 Å². The first-order chi connectivity index (χ1) is 23.5. The van der Waals surface area contributed by atoms with E-state index in [1.54, 1.807) is 23.5 Å². The number of pyridine rings is 2. The largest absolute Gasteiger partial charge is 0.439 e. The first-order valence-corrected chi connectivity index (χ1v) is 17.3. The number of hydrogen-bond acceptors (Lipinski definition) is 8. The number of fused-ring (bicyclic) bond motifs is 5. The minimum absolute atomic E-state index is 0.0556. The highest BCUT2D eigenvalue weighted by molar-refractivity contribution is 7.23. The third-order valence-corrected chi connectivity index (χ3v) is 11.1. The molecule has 4 aromatic heterocycles. The van der Waals surface area contributed by atoms with Crippen LogP contribution in [0.3, 0.4) is 0 Å². The quantitative estimate of drug-likeness (QED) is 0.184. The summed E-state index contributed by atoms with van der Waals surface area (Å²) < 4.78 is 19.7. The molecular weight excluding hydrogens is 628 g/mol. The number of anilines is 1. The molecule has 1 fully saturated rings. The Labute approximate surface area is 278 Å². The zero-order valence-corrected chi connectivity index (χ0v) is 26.8. The van der Waals surface area contributed by atoms with Crippen LogP contribution in [-0.2, 0) is 19.3 Å². The van der Waals surface area contributed by atoms with Gasteiger partial charge in [0.05, 0.1) is 39.3 Å². The maximum atomic E-state index is 14.2. The van der Waals surface area contributed by atoms with Gasteiger partial charge in [0.1, 0.15) is 11.6 Å². The van der Waals surface area contributed by atoms with E-state index in [0.29, 0.717) is 41.8 Å². The third kappa shape index (κ3) is 4.83. The summed E-state index contributed by atoms with van der Waals surface area (Å²) in [5.74, 6) is -0.00572. The number of amides is 1. The van der Waals surface area contributed by atoms with Crippen LogP contribution in [0.15, 0.2) is 76.2 Å². The SMILES string of the molecule is O=C1c2c(nc(CCc3ccc(F)cc3)c(-c3noc(=O)[nH]3)c2-c2cc3ccnc(NC4CCCc5ccccc54)c3s2)C2CCCN12. The highest BCUT2D eigenvalue weighted by Crippen LogP contribution is 2.50. The molecule has 2 atom stereocenters. The van der Waals surface area contributed by atoms with Crippen molar-refractivity contribution in [2.75, 3.05) is 11.9 Å². The van der Waals surface area contributed by atoms with E-state index in [4.69, 9.17) is 14.5 Å². The van der Waals surface area contributed by atoms with Gasteiger partial charge in [-0.25, -0.2) is 14.2 Å². The number of carbonyl (C=O) groups excluding carboxylic acids is 1. The summed E-state index contributed by atoms with van der Waals surface area (Å²) in [4.78, 5) is 42.0. The van der Waals surface area contributed by atoms with Crippen molar-refractivity contribution in [1.82, 2.24) is 25.0 Å². The molecule has 2 aromatic carbocycles. The fraction of sp³-hybridized carbons (Fsp3) is 0.270. The van der Waals surface area contributed by atoms with Crippen LogP contribution in [0.2, 0.25) is 0 Å². The number of carbonyl (C=O) groups is 1. The summed E-state index contributed by atoms with van der Waals surface area (Å²) in [6.07, 6.45) is 7.83. The third-order valence-electron chi connectivity index (χ3n) is 9.94.